The molecule has 1 saturated heterocycles. The van der Waals surface area contributed by atoms with E-state index in [0.29, 0.717) is 0 Å². The van der Waals surface area contributed by atoms with E-state index in [-0.39, 0.29) is 0 Å². The average molecular weight is 355 g/mol. The summed E-state index contributed by atoms with van der Waals surface area (Å²) in [6.07, 6.45) is 0. The summed E-state index contributed by atoms with van der Waals surface area (Å²) in [4.78, 5) is 13.9. The van der Waals surface area contributed by atoms with Crippen molar-refractivity contribution in [2.24, 2.45) is 0 Å². The van der Waals surface area contributed by atoms with E-state index in [2.05, 4.69) is 62.3 Å². The topological polar surface area (TPSA) is 53.5 Å². The second kappa shape index (κ2) is 9.50. The van der Waals surface area contributed by atoms with Gasteiger partial charge in [-0.25, -0.2) is 9.97 Å². The van der Waals surface area contributed by atoms with Crippen LogP contribution in [0.25, 0.3) is 0 Å². The van der Waals surface area contributed by atoms with Gasteiger partial charge in [0.1, 0.15) is 17.5 Å². The van der Waals surface area contributed by atoms with Gasteiger partial charge in [-0.05, 0) is 19.4 Å². The molecule has 0 bridgehead atoms. The van der Waals surface area contributed by atoms with Crippen molar-refractivity contribution in [1.29, 1.82) is 0 Å². The summed E-state index contributed by atoms with van der Waals surface area (Å²) in [5.74, 6) is 2.66. The van der Waals surface area contributed by atoms with Crippen molar-refractivity contribution in [2.45, 2.75) is 20.4 Å². The zero-order chi connectivity index (χ0) is 18.2. The number of rotatable bonds is 8. The van der Waals surface area contributed by atoms with Gasteiger partial charge in [0.2, 0.25) is 0 Å². The van der Waals surface area contributed by atoms with Crippen LogP contribution in [0.3, 0.4) is 0 Å². The minimum atomic E-state index is 0.794. The Balaban J connectivity index is 1.61. The van der Waals surface area contributed by atoms with Gasteiger partial charge in [0.05, 0.1) is 13.2 Å². The fourth-order valence-corrected chi connectivity index (χ4v) is 3.13. The lowest BCUT2D eigenvalue weighted by molar-refractivity contribution is 0.0398. The number of anilines is 2. The third-order valence-corrected chi connectivity index (χ3v) is 4.58. The Morgan fingerprint density at radius 2 is 1.92 bits per heavy atom. The third-order valence-electron chi connectivity index (χ3n) is 4.58. The van der Waals surface area contributed by atoms with Gasteiger partial charge in [0.15, 0.2) is 0 Å². The molecule has 26 heavy (non-hydrogen) atoms. The first-order chi connectivity index (χ1) is 12.7. The molecule has 0 saturated carbocycles. The summed E-state index contributed by atoms with van der Waals surface area (Å²) in [5.41, 5.74) is 1.28. The monoisotopic (exact) mass is 355 g/mol. The Kier molecular flexibility index (Phi) is 6.80. The molecule has 2 heterocycles. The Morgan fingerprint density at radius 1 is 1.15 bits per heavy atom. The molecule has 0 unspecified atom stereocenters. The van der Waals surface area contributed by atoms with Crippen LogP contribution < -0.4 is 10.2 Å². The number of hydrogen-bond donors (Lipinski definition) is 1. The molecule has 1 aliphatic heterocycles. The van der Waals surface area contributed by atoms with Gasteiger partial charge in [-0.3, -0.25) is 4.90 Å². The lowest BCUT2D eigenvalue weighted by Gasteiger charge is -2.26. The molecule has 0 aliphatic carbocycles. The van der Waals surface area contributed by atoms with Crippen molar-refractivity contribution >= 4 is 11.6 Å². The molecular formula is C20H29N5O. The van der Waals surface area contributed by atoms with Gasteiger partial charge >= 0.3 is 0 Å². The van der Waals surface area contributed by atoms with Gasteiger partial charge in [-0.15, -0.1) is 0 Å². The first-order valence-electron chi connectivity index (χ1n) is 9.43. The number of morpholine rings is 1. The molecule has 0 radical (unpaired) electrons. The highest BCUT2D eigenvalue weighted by Gasteiger charge is 2.12. The zero-order valence-corrected chi connectivity index (χ0v) is 15.8. The van der Waals surface area contributed by atoms with Crippen molar-refractivity contribution < 1.29 is 4.74 Å². The highest BCUT2D eigenvalue weighted by Crippen LogP contribution is 2.18. The van der Waals surface area contributed by atoms with Gasteiger partial charge in [-0.2, -0.15) is 0 Å². The highest BCUT2D eigenvalue weighted by molar-refractivity contribution is 5.49. The van der Waals surface area contributed by atoms with E-state index < -0.39 is 0 Å². The molecule has 3 rings (SSSR count). The summed E-state index contributed by atoms with van der Waals surface area (Å²) in [6.45, 7) is 11.4. The van der Waals surface area contributed by atoms with Crippen molar-refractivity contribution in [3.63, 3.8) is 0 Å². The van der Waals surface area contributed by atoms with Crippen LogP contribution >= 0.6 is 0 Å². The average Bonchev–Trinajstić information content (AvgIpc) is 2.67. The van der Waals surface area contributed by atoms with Crippen LogP contribution in [0.5, 0.6) is 0 Å². The van der Waals surface area contributed by atoms with Gasteiger partial charge in [-0.1, -0.05) is 30.3 Å². The van der Waals surface area contributed by atoms with Crippen LogP contribution in [0, 0.1) is 6.92 Å². The lowest BCUT2D eigenvalue weighted by atomic mass is 10.2. The largest absolute Gasteiger partial charge is 0.379 e. The number of ether oxygens (including phenoxy) is 1. The van der Waals surface area contributed by atoms with Gasteiger partial charge in [0.25, 0.3) is 0 Å². The second-order valence-corrected chi connectivity index (χ2v) is 6.54. The van der Waals surface area contributed by atoms with Crippen molar-refractivity contribution in [3.8, 4) is 0 Å². The molecule has 1 fully saturated rings. The lowest BCUT2D eigenvalue weighted by Crippen LogP contribution is -2.39. The first-order valence-corrected chi connectivity index (χ1v) is 9.43. The quantitative estimate of drug-likeness (QED) is 0.785. The van der Waals surface area contributed by atoms with Crippen LogP contribution in [0.4, 0.5) is 11.6 Å². The van der Waals surface area contributed by atoms with Crippen LogP contribution in [0.2, 0.25) is 0 Å². The second-order valence-electron chi connectivity index (χ2n) is 6.54. The molecule has 1 aliphatic rings. The number of aromatic nitrogens is 2. The summed E-state index contributed by atoms with van der Waals surface area (Å²) in [7, 11) is 0. The number of aryl methyl sites for hydroxylation is 1. The fourth-order valence-electron chi connectivity index (χ4n) is 3.13. The summed E-state index contributed by atoms with van der Waals surface area (Å²) in [5, 5.41) is 3.46. The standard InChI is InChI=1S/C20H29N5O/c1-3-25(16-18-7-5-4-6-8-18)20-15-19(22-17(2)23-20)21-9-10-24-11-13-26-14-12-24/h4-8,15H,3,9-14,16H2,1-2H3,(H,21,22,23). The predicted molar refractivity (Wildman–Crippen MR) is 106 cm³/mol. The van der Waals surface area contributed by atoms with E-state index in [4.69, 9.17) is 4.74 Å². The van der Waals surface area contributed by atoms with Crippen molar-refractivity contribution in [2.75, 3.05) is 56.2 Å². The maximum atomic E-state index is 5.40. The Labute approximate surface area is 156 Å². The Hall–Kier alpha value is -2.18. The number of nitrogens with zero attached hydrogens (tertiary/aromatic N) is 4. The maximum absolute atomic E-state index is 5.40. The van der Waals surface area contributed by atoms with E-state index in [9.17, 15) is 0 Å². The van der Waals surface area contributed by atoms with E-state index in [1.54, 1.807) is 0 Å². The summed E-state index contributed by atoms with van der Waals surface area (Å²) in [6, 6.07) is 12.6. The predicted octanol–water partition coefficient (Wildman–Crippen LogP) is 2.56. The van der Waals surface area contributed by atoms with Crippen LogP contribution in [-0.2, 0) is 11.3 Å². The molecule has 0 atom stereocenters. The van der Waals surface area contributed by atoms with Gasteiger partial charge in [0, 0.05) is 45.3 Å². The van der Waals surface area contributed by atoms with E-state index in [1.165, 1.54) is 5.56 Å². The molecule has 2 aromatic rings. The molecule has 1 aromatic heterocycles. The summed E-state index contributed by atoms with van der Waals surface area (Å²) >= 11 is 0. The minimum Gasteiger partial charge on any atom is -0.379 e. The van der Waals surface area contributed by atoms with Crippen molar-refractivity contribution in [1.82, 2.24) is 14.9 Å². The van der Waals surface area contributed by atoms with Crippen LogP contribution in [0.15, 0.2) is 36.4 Å². The molecule has 1 N–H and O–H groups in total. The first kappa shape index (κ1) is 18.6. The number of benzene rings is 1. The van der Waals surface area contributed by atoms with E-state index >= 15 is 0 Å². The molecule has 0 spiro atoms. The molecule has 1 aromatic carbocycles. The molecule has 0 amide bonds. The third kappa shape index (κ3) is 5.41. The summed E-state index contributed by atoms with van der Waals surface area (Å²) < 4.78 is 5.40. The molecular weight excluding hydrogens is 326 g/mol. The zero-order valence-electron chi connectivity index (χ0n) is 15.8. The molecule has 6 heteroatoms. The van der Waals surface area contributed by atoms with Gasteiger partial charge < -0.3 is 15.0 Å². The maximum Gasteiger partial charge on any atom is 0.134 e. The normalized spacial score (nSPS) is 15.0. The minimum absolute atomic E-state index is 0.794. The Bertz CT molecular complexity index is 673. The van der Waals surface area contributed by atoms with Crippen LogP contribution in [0.1, 0.15) is 18.3 Å². The van der Waals surface area contributed by atoms with E-state index in [1.807, 2.05) is 13.0 Å². The fraction of sp³-hybridized carbons (Fsp3) is 0.500. The SMILES string of the molecule is CCN(Cc1ccccc1)c1cc(NCCN2CCOCC2)nc(C)n1. The number of hydrogen-bond acceptors (Lipinski definition) is 6. The molecule has 140 valence electrons. The van der Waals surface area contributed by atoms with E-state index in [0.717, 1.165) is 69.9 Å². The smallest absolute Gasteiger partial charge is 0.134 e. The Morgan fingerprint density at radius 3 is 2.65 bits per heavy atom. The molecule has 6 nitrogen and oxygen atoms in total. The number of nitrogens with one attached hydrogen (secondary N) is 1. The van der Waals surface area contributed by atoms with Crippen LogP contribution in [-0.4, -0.2) is 60.8 Å². The van der Waals surface area contributed by atoms with Crippen molar-refractivity contribution in [3.05, 3.63) is 47.8 Å². The highest BCUT2D eigenvalue weighted by atomic mass is 16.5.